The minimum atomic E-state index is -1.50. The average Bonchev–Trinajstić information content (AvgIpc) is 2.52. The van der Waals surface area contributed by atoms with Gasteiger partial charge in [0.1, 0.15) is 21.8 Å². The molecule has 0 spiro atoms. The summed E-state index contributed by atoms with van der Waals surface area (Å²) < 4.78 is 30.0. The van der Waals surface area contributed by atoms with Crippen LogP contribution in [-0.2, 0) is 6.54 Å². The molecule has 3 aromatic rings. The van der Waals surface area contributed by atoms with Gasteiger partial charge in [0, 0.05) is 18.9 Å². The standard InChI is InChI=1S/C16H9BrF2N2O3/c17-12-5-8(3-4-20-12)6-21-7-9(16(23)24)15(22)13-10(18)1-2-11(19)14(13)21/h1-5,7H,6H2,(H,23,24). The summed E-state index contributed by atoms with van der Waals surface area (Å²) in [4.78, 5) is 27.4. The number of aromatic carboxylic acids is 1. The molecule has 122 valence electrons. The van der Waals surface area contributed by atoms with E-state index in [0.717, 1.165) is 18.3 Å². The molecule has 0 bridgehead atoms. The van der Waals surface area contributed by atoms with Gasteiger partial charge in [0.15, 0.2) is 0 Å². The fraction of sp³-hybridized carbons (Fsp3) is 0.0625. The lowest BCUT2D eigenvalue weighted by atomic mass is 10.1. The highest BCUT2D eigenvalue weighted by molar-refractivity contribution is 9.10. The van der Waals surface area contributed by atoms with Crippen LogP contribution in [0.25, 0.3) is 10.9 Å². The Kier molecular flexibility index (Phi) is 4.15. The predicted octanol–water partition coefficient (Wildman–Crippen LogP) is 3.18. The van der Waals surface area contributed by atoms with Crippen molar-refractivity contribution in [1.29, 1.82) is 0 Å². The monoisotopic (exact) mass is 394 g/mol. The van der Waals surface area contributed by atoms with Crippen LogP contribution in [0, 0.1) is 11.6 Å². The van der Waals surface area contributed by atoms with E-state index in [1.165, 1.54) is 10.8 Å². The van der Waals surface area contributed by atoms with Crippen molar-refractivity contribution in [2.75, 3.05) is 0 Å². The number of nitrogens with zero attached hydrogens (tertiary/aromatic N) is 2. The van der Waals surface area contributed by atoms with Gasteiger partial charge in [-0.1, -0.05) is 0 Å². The minimum Gasteiger partial charge on any atom is -0.477 e. The number of fused-ring (bicyclic) bond motifs is 1. The van der Waals surface area contributed by atoms with Gasteiger partial charge in [0.25, 0.3) is 0 Å². The molecule has 0 aliphatic heterocycles. The number of carboxylic acid groups (broad SMARTS) is 1. The van der Waals surface area contributed by atoms with Crippen LogP contribution in [-0.4, -0.2) is 20.6 Å². The maximum absolute atomic E-state index is 14.2. The van der Waals surface area contributed by atoms with Crippen molar-refractivity contribution in [3.63, 3.8) is 0 Å². The van der Waals surface area contributed by atoms with E-state index in [4.69, 9.17) is 0 Å². The van der Waals surface area contributed by atoms with Gasteiger partial charge in [-0.2, -0.15) is 0 Å². The third kappa shape index (κ3) is 2.80. The Morgan fingerprint density at radius 2 is 1.96 bits per heavy atom. The molecule has 24 heavy (non-hydrogen) atoms. The van der Waals surface area contributed by atoms with Crippen LogP contribution in [0.15, 0.2) is 46.1 Å². The number of rotatable bonds is 3. The zero-order valence-electron chi connectivity index (χ0n) is 12.0. The summed E-state index contributed by atoms with van der Waals surface area (Å²) in [6.07, 6.45) is 2.53. The maximum Gasteiger partial charge on any atom is 0.341 e. The highest BCUT2D eigenvalue weighted by atomic mass is 79.9. The topological polar surface area (TPSA) is 72.2 Å². The summed E-state index contributed by atoms with van der Waals surface area (Å²) in [5.74, 6) is -3.28. The number of carboxylic acids is 1. The quantitative estimate of drug-likeness (QED) is 0.692. The molecule has 1 aromatic carbocycles. The largest absolute Gasteiger partial charge is 0.477 e. The highest BCUT2D eigenvalue weighted by Crippen LogP contribution is 2.21. The van der Waals surface area contributed by atoms with Gasteiger partial charge >= 0.3 is 5.97 Å². The molecule has 8 heteroatoms. The molecule has 0 fully saturated rings. The van der Waals surface area contributed by atoms with E-state index in [9.17, 15) is 23.5 Å². The molecule has 0 atom stereocenters. The molecular weight excluding hydrogens is 386 g/mol. The summed E-state index contributed by atoms with van der Waals surface area (Å²) in [6, 6.07) is 5.00. The Morgan fingerprint density at radius 3 is 2.62 bits per heavy atom. The molecule has 1 N–H and O–H groups in total. The fourth-order valence-corrected chi connectivity index (χ4v) is 2.88. The van der Waals surface area contributed by atoms with Crippen LogP contribution in [0.4, 0.5) is 8.78 Å². The Bertz CT molecular complexity index is 1030. The van der Waals surface area contributed by atoms with Crippen LogP contribution in [0.5, 0.6) is 0 Å². The normalized spacial score (nSPS) is 11.0. The van der Waals surface area contributed by atoms with E-state index in [0.29, 0.717) is 10.2 Å². The Hall–Kier alpha value is -2.61. The number of hydrogen-bond donors (Lipinski definition) is 1. The maximum atomic E-state index is 14.2. The molecule has 0 unspecified atom stereocenters. The zero-order valence-corrected chi connectivity index (χ0v) is 13.5. The number of carbonyl (C=O) groups is 1. The molecule has 5 nitrogen and oxygen atoms in total. The molecule has 0 saturated carbocycles. The second-order valence-corrected chi connectivity index (χ2v) is 5.86. The summed E-state index contributed by atoms with van der Waals surface area (Å²) >= 11 is 3.20. The Morgan fingerprint density at radius 1 is 1.25 bits per heavy atom. The van der Waals surface area contributed by atoms with Crippen molar-refractivity contribution in [2.45, 2.75) is 6.54 Å². The van der Waals surface area contributed by atoms with Crippen LogP contribution >= 0.6 is 15.9 Å². The predicted molar refractivity (Wildman–Crippen MR) is 86.1 cm³/mol. The van der Waals surface area contributed by atoms with Crippen LogP contribution in [0.3, 0.4) is 0 Å². The van der Waals surface area contributed by atoms with Crippen LogP contribution < -0.4 is 5.43 Å². The SMILES string of the molecule is O=C(O)c1cn(Cc2ccnc(Br)c2)c2c(F)ccc(F)c2c1=O. The van der Waals surface area contributed by atoms with Crippen molar-refractivity contribution >= 4 is 32.8 Å². The number of aromatic nitrogens is 2. The van der Waals surface area contributed by atoms with Crippen molar-refractivity contribution in [3.05, 3.63) is 74.2 Å². The number of hydrogen-bond acceptors (Lipinski definition) is 3. The van der Waals surface area contributed by atoms with Crippen molar-refractivity contribution in [3.8, 4) is 0 Å². The lowest BCUT2D eigenvalue weighted by Gasteiger charge is -2.13. The van der Waals surface area contributed by atoms with Crippen molar-refractivity contribution in [2.24, 2.45) is 0 Å². The molecule has 0 radical (unpaired) electrons. The van der Waals surface area contributed by atoms with E-state index >= 15 is 0 Å². The lowest BCUT2D eigenvalue weighted by molar-refractivity contribution is 0.0695. The van der Waals surface area contributed by atoms with Gasteiger partial charge in [-0.3, -0.25) is 4.79 Å². The molecular formula is C16H9BrF2N2O3. The number of pyridine rings is 2. The van der Waals surface area contributed by atoms with E-state index in [1.54, 1.807) is 12.1 Å². The summed E-state index contributed by atoms with van der Waals surface area (Å²) in [5, 5.41) is 8.59. The smallest absolute Gasteiger partial charge is 0.341 e. The van der Waals surface area contributed by atoms with E-state index in [2.05, 4.69) is 20.9 Å². The third-order valence-corrected chi connectivity index (χ3v) is 3.93. The Labute approximate surface area is 142 Å². The third-order valence-electron chi connectivity index (χ3n) is 3.50. The van der Waals surface area contributed by atoms with Gasteiger partial charge < -0.3 is 9.67 Å². The first-order chi connectivity index (χ1) is 11.4. The van der Waals surface area contributed by atoms with Crippen LogP contribution in [0.2, 0.25) is 0 Å². The number of benzene rings is 1. The minimum absolute atomic E-state index is 0.0402. The summed E-state index contributed by atoms with van der Waals surface area (Å²) in [7, 11) is 0. The van der Waals surface area contributed by atoms with Crippen molar-refractivity contribution < 1.29 is 18.7 Å². The van der Waals surface area contributed by atoms with Gasteiger partial charge in [-0.15, -0.1) is 0 Å². The average molecular weight is 395 g/mol. The fourth-order valence-electron chi connectivity index (χ4n) is 2.47. The summed E-state index contributed by atoms with van der Waals surface area (Å²) in [5.41, 5.74) is -1.29. The van der Waals surface area contributed by atoms with Gasteiger partial charge in [-0.25, -0.2) is 18.6 Å². The molecule has 2 aromatic heterocycles. The highest BCUT2D eigenvalue weighted by Gasteiger charge is 2.20. The van der Waals surface area contributed by atoms with Gasteiger partial charge in [-0.05, 0) is 45.8 Å². The molecule has 0 aliphatic carbocycles. The summed E-state index contributed by atoms with van der Waals surface area (Å²) in [6.45, 7) is 0.0402. The zero-order chi connectivity index (χ0) is 17.4. The molecule has 0 amide bonds. The molecule has 0 aliphatic rings. The second kappa shape index (κ2) is 6.12. The lowest BCUT2D eigenvalue weighted by Crippen LogP contribution is -2.21. The second-order valence-electron chi connectivity index (χ2n) is 5.04. The first kappa shape index (κ1) is 16.3. The van der Waals surface area contributed by atoms with Crippen molar-refractivity contribution in [1.82, 2.24) is 9.55 Å². The molecule has 2 heterocycles. The van der Waals surface area contributed by atoms with Gasteiger partial charge in [0.2, 0.25) is 5.43 Å². The Balaban J connectivity index is 2.34. The molecule has 0 saturated heterocycles. The van der Waals surface area contributed by atoms with E-state index < -0.39 is 34.0 Å². The van der Waals surface area contributed by atoms with Gasteiger partial charge in [0.05, 0.1) is 10.9 Å². The van der Waals surface area contributed by atoms with E-state index in [-0.39, 0.29) is 12.1 Å². The van der Waals surface area contributed by atoms with Crippen LogP contribution in [0.1, 0.15) is 15.9 Å². The first-order valence-electron chi connectivity index (χ1n) is 6.73. The number of halogens is 3. The molecule has 3 rings (SSSR count). The first-order valence-corrected chi connectivity index (χ1v) is 7.52. The van der Waals surface area contributed by atoms with E-state index in [1.807, 2.05) is 0 Å².